The molecule has 0 atom stereocenters. The Balaban J connectivity index is 4.18. The minimum absolute atomic E-state index is 0.0191. The van der Waals surface area contributed by atoms with Gasteiger partial charge in [-0.05, 0) is 6.92 Å². The average molecular weight is 154 g/mol. The number of carbonyl (C=O) groups is 1. The van der Waals surface area contributed by atoms with Gasteiger partial charge < -0.3 is 10.1 Å². The van der Waals surface area contributed by atoms with Crippen LogP contribution in [-0.2, 0) is 9.53 Å². The third kappa shape index (κ3) is 3.26. The zero-order valence-electron chi connectivity index (χ0n) is 6.55. The predicted molar refractivity (Wildman–Crippen MR) is 39.4 cm³/mol. The standard InChI is InChI=1S/C7H10N2O2/c1-3-11-7(10)6(4-8)5-9-2/h5,9H,3H2,1-2H3/b6-5-. The molecule has 0 rings (SSSR count). The molecule has 0 aliphatic carbocycles. The van der Waals surface area contributed by atoms with Gasteiger partial charge in [-0.15, -0.1) is 0 Å². The fourth-order valence-corrected chi connectivity index (χ4v) is 0.490. The molecule has 0 aliphatic heterocycles. The summed E-state index contributed by atoms with van der Waals surface area (Å²) in [4.78, 5) is 10.8. The molecule has 4 nitrogen and oxygen atoms in total. The summed E-state index contributed by atoms with van der Waals surface area (Å²) in [5.41, 5.74) is -0.0191. The summed E-state index contributed by atoms with van der Waals surface area (Å²) in [6, 6.07) is 1.71. The van der Waals surface area contributed by atoms with Crippen LogP contribution in [0.25, 0.3) is 0 Å². The molecule has 0 unspecified atom stereocenters. The van der Waals surface area contributed by atoms with Gasteiger partial charge in [0.2, 0.25) is 0 Å². The van der Waals surface area contributed by atoms with Gasteiger partial charge in [0.15, 0.2) is 5.57 Å². The van der Waals surface area contributed by atoms with E-state index in [4.69, 9.17) is 5.26 Å². The number of nitrogens with zero attached hydrogens (tertiary/aromatic N) is 1. The molecule has 0 amide bonds. The SMILES string of the molecule is CCOC(=O)/C(C#N)=C\NC. The molecule has 0 fully saturated rings. The molecule has 11 heavy (non-hydrogen) atoms. The van der Waals surface area contributed by atoms with Crippen LogP contribution in [0.2, 0.25) is 0 Å². The molecular weight excluding hydrogens is 144 g/mol. The first-order chi connectivity index (χ1) is 5.26. The van der Waals surface area contributed by atoms with Crippen LogP contribution in [0.15, 0.2) is 11.8 Å². The number of ether oxygens (including phenoxy) is 1. The molecular formula is C7H10N2O2. The van der Waals surface area contributed by atoms with Crippen LogP contribution in [-0.4, -0.2) is 19.6 Å². The molecule has 0 aromatic rings. The fraction of sp³-hybridized carbons (Fsp3) is 0.429. The van der Waals surface area contributed by atoms with E-state index in [9.17, 15) is 4.79 Å². The minimum Gasteiger partial charge on any atom is -0.462 e. The Morgan fingerprint density at radius 1 is 1.82 bits per heavy atom. The average Bonchev–Trinajstić information content (AvgIpc) is 2.00. The van der Waals surface area contributed by atoms with Crippen molar-refractivity contribution in [2.24, 2.45) is 0 Å². The largest absolute Gasteiger partial charge is 0.462 e. The Bertz CT molecular complexity index is 203. The summed E-state index contributed by atoms with van der Waals surface area (Å²) >= 11 is 0. The van der Waals surface area contributed by atoms with Crippen LogP contribution in [0.4, 0.5) is 0 Å². The molecule has 0 heterocycles. The monoisotopic (exact) mass is 154 g/mol. The highest BCUT2D eigenvalue weighted by molar-refractivity contribution is 5.92. The van der Waals surface area contributed by atoms with Crippen molar-refractivity contribution in [3.05, 3.63) is 11.8 Å². The van der Waals surface area contributed by atoms with E-state index in [1.807, 2.05) is 0 Å². The highest BCUT2D eigenvalue weighted by Gasteiger charge is 2.07. The molecule has 0 bridgehead atoms. The maximum Gasteiger partial charge on any atom is 0.350 e. The highest BCUT2D eigenvalue weighted by atomic mass is 16.5. The summed E-state index contributed by atoms with van der Waals surface area (Å²) in [7, 11) is 1.61. The highest BCUT2D eigenvalue weighted by Crippen LogP contribution is 1.93. The van der Waals surface area contributed by atoms with Crippen molar-refractivity contribution in [1.29, 1.82) is 5.26 Å². The molecule has 0 radical (unpaired) electrons. The van der Waals surface area contributed by atoms with E-state index in [2.05, 4.69) is 10.1 Å². The quantitative estimate of drug-likeness (QED) is 0.358. The summed E-state index contributed by atoms with van der Waals surface area (Å²) in [5, 5.41) is 11.0. The van der Waals surface area contributed by atoms with Gasteiger partial charge in [0.05, 0.1) is 6.61 Å². The second-order valence-electron chi connectivity index (χ2n) is 1.68. The first-order valence-electron chi connectivity index (χ1n) is 3.20. The van der Waals surface area contributed by atoms with Gasteiger partial charge in [-0.2, -0.15) is 5.26 Å². The van der Waals surface area contributed by atoms with Crippen molar-refractivity contribution >= 4 is 5.97 Å². The van der Waals surface area contributed by atoms with Crippen molar-refractivity contribution < 1.29 is 9.53 Å². The Labute approximate surface area is 65.5 Å². The first kappa shape index (κ1) is 9.50. The molecule has 0 spiro atoms. The lowest BCUT2D eigenvalue weighted by molar-refractivity contribution is -0.138. The third-order valence-electron chi connectivity index (χ3n) is 0.904. The maximum absolute atomic E-state index is 10.8. The number of carbonyl (C=O) groups excluding carboxylic acids is 1. The van der Waals surface area contributed by atoms with Crippen molar-refractivity contribution in [3.8, 4) is 6.07 Å². The van der Waals surface area contributed by atoms with Crippen molar-refractivity contribution in [1.82, 2.24) is 5.32 Å². The number of hydrogen-bond donors (Lipinski definition) is 1. The van der Waals surface area contributed by atoms with E-state index in [-0.39, 0.29) is 12.2 Å². The minimum atomic E-state index is -0.593. The van der Waals surface area contributed by atoms with Gasteiger partial charge in [0, 0.05) is 13.2 Å². The number of nitrogens with one attached hydrogen (secondary N) is 1. The van der Waals surface area contributed by atoms with Gasteiger partial charge in [0.25, 0.3) is 0 Å². The van der Waals surface area contributed by atoms with Crippen molar-refractivity contribution in [2.75, 3.05) is 13.7 Å². The Hall–Kier alpha value is -1.50. The van der Waals surface area contributed by atoms with E-state index in [1.165, 1.54) is 6.20 Å². The topological polar surface area (TPSA) is 62.1 Å². The van der Waals surface area contributed by atoms with E-state index in [0.29, 0.717) is 0 Å². The second kappa shape index (κ2) is 5.30. The van der Waals surface area contributed by atoms with Crippen LogP contribution in [0.5, 0.6) is 0 Å². The first-order valence-corrected chi connectivity index (χ1v) is 3.20. The van der Waals surface area contributed by atoms with E-state index in [1.54, 1.807) is 20.0 Å². The lowest BCUT2D eigenvalue weighted by atomic mass is 10.3. The van der Waals surface area contributed by atoms with Gasteiger partial charge >= 0.3 is 5.97 Å². The van der Waals surface area contributed by atoms with E-state index >= 15 is 0 Å². The third-order valence-corrected chi connectivity index (χ3v) is 0.904. The molecule has 0 saturated carbocycles. The van der Waals surface area contributed by atoms with Crippen molar-refractivity contribution in [3.63, 3.8) is 0 Å². The smallest absolute Gasteiger partial charge is 0.350 e. The molecule has 60 valence electrons. The molecule has 4 heteroatoms. The Morgan fingerprint density at radius 3 is 2.82 bits per heavy atom. The molecule has 0 aromatic carbocycles. The van der Waals surface area contributed by atoms with Gasteiger partial charge in [-0.1, -0.05) is 0 Å². The summed E-state index contributed by atoms with van der Waals surface area (Å²) in [6.45, 7) is 1.97. The fourth-order valence-electron chi connectivity index (χ4n) is 0.490. The molecule has 1 N–H and O–H groups in total. The number of nitriles is 1. The zero-order chi connectivity index (χ0) is 8.69. The predicted octanol–water partition coefficient (Wildman–Crippen LogP) is 0.176. The maximum atomic E-state index is 10.8. The lowest BCUT2D eigenvalue weighted by Gasteiger charge is -1.97. The molecule has 0 aromatic heterocycles. The Morgan fingerprint density at radius 2 is 2.45 bits per heavy atom. The molecule has 0 aliphatic rings. The van der Waals surface area contributed by atoms with Crippen LogP contribution in [0, 0.1) is 11.3 Å². The van der Waals surface area contributed by atoms with Crippen LogP contribution in [0.1, 0.15) is 6.92 Å². The summed E-state index contributed by atoms with van der Waals surface area (Å²) in [5.74, 6) is -0.593. The zero-order valence-corrected chi connectivity index (χ0v) is 6.55. The number of hydrogen-bond acceptors (Lipinski definition) is 4. The summed E-state index contributed by atoms with van der Waals surface area (Å²) < 4.78 is 4.58. The lowest BCUT2D eigenvalue weighted by Crippen LogP contribution is -2.09. The molecule has 0 saturated heterocycles. The van der Waals surface area contributed by atoms with Gasteiger partial charge in [0.1, 0.15) is 6.07 Å². The van der Waals surface area contributed by atoms with Crippen molar-refractivity contribution in [2.45, 2.75) is 6.92 Å². The summed E-state index contributed by atoms with van der Waals surface area (Å²) in [6.07, 6.45) is 1.30. The number of rotatable bonds is 3. The Kier molecular flexibility index (Phi) is 4.58. The van der Waals surface area contributed by atoms with Gasteiger partial charge in [-0.3, -0.25) is 0 Å². The number of esters is 1. The van der Waals surface area contributed by atoms with Crippen LogP contribution < -0.4 is 5.32 Å². The van der Waals surface area contributed by atoms with Crippen LogP contribution in [0.3, 0.4) is 0 Å². The van der Waals surface area contributed by atoms with E-state index in [0.717, 1.165) is 0 Å². The normalized spacial score (nSPS) is 10.1. The van der Waals surface area contributed by atoms with Crippen LogP contribution >= 0.6 is 0 Å². The van der Waals surface area contributed by atoms with E-state index < -0.39 is 5.97 Å². The van der Waals surface area contributed by atoms with Gasteiger partial charge in [-0.25, -0.2) is 4.79 Å². The second-order valence-corrected chi connectivity index (χ2v) is 1.68.